The van der Waals surface area contributed by atoms with E-state index in [0.29, 0.717) is 31.9 Å². The van der Waals surface area contributed by atoms with Gasteiger partial charge in [-0.2, -0.15) is 4.31 Å². The molecule has 1 aliphatic rings. The summed E-state index contributed by atoms with van der Waals surface area (Å²) in [5.41, 5.74) is 0.634. The van der Waals surface area contributed by atoms with Gasteiger partial charge in [-0.25, -0.2) is 8.42 Å². The maximum absolute atomic E-state index is 12.3. The number of rotatable bonds is 7. The van der Waals surface area contributed by atoms with Crippen LogP contribution in [0.25, 0.3) is 0 Å². The van der Waals surface area contributed by atoms with Crippen molar-refractivity contribution in [2.45, 2.75) is 13.0 Å². The Bertz CT molecular complexity index is 657. The van der Waals surface area contributed by atoms with E-state index < -0.39 is 10.0 Å². The van der Waals surface area contributed by atoms with Crippen molar-refractivity contribution >= 4 is 22.3 Å². The lowest BCUT2D eigenvalue weighted by atomic mass is 10.3. The number of pyridine rings is 1. The van der Waals surface area contributed by atoms with Crippen molar-refractivity contribution in [3.8, 4) is 0 Å². The van der Waals surface area contributed by atoms with Gasteiger partial charge >= 0.3 is 0 Å². The molecular formula is C15H22N4O4S. The van der Waals surface area contributed by atoms with Crippen LogP contribution in [-0.2, 0) is 26.2 Å². The summed E-state index contributed by atoms with van der Waals surface area (Å²) in [5, 5.41) is 0. The number of sulfonamides is 1. The third-order valence-electron chi connectivity index (χ3n) is 3.92. The van der Waals surface area contributed by atoms with E-state index in [1.807, 2.05) is 0 Å². The fourth-order valence-electron chi connectivity index (χ4n) is 2.49. The van der Waals surface area contributed by atoms with Gasteiger partial charge in [-0.15, -0.1) is 0 Å². The average Bonchev–Trinajstić information content (AvgIpc) is 2.58. The van der Waals surface area contributed by atoms with Crippen molar-refractivity contribution in [3.05, 3.63) is 30.1 Å². The van der Waals surface area contributed by atoms with Crippen LogP contribution in [0.4, 0.5) is 0 Å². The zero-order valence-corrected chi connectivity index (χ0v) is 14.5. The van der Waals surface area contributed by atoms with Gasteiger partial charge in [0.15, 0.2) is 0 Å². The molecule has 0 unspecified atom stereocenters. The molecule has 2 heterocycles. The van der Waals surface area contributed by atoms with Crippen LogP contribution < -0.4 is 0 Å². The predicted octanol–water partition coefficient (Wildman–Crippen LogP) is -0.466. The molecule has 24 heavy (non-hydrogen) atoms. The number of amides is 2. The molecule has 0 aromatic carbocycles. The average molecular weight is 354 g/mol. The first kappa shape index (κ1) is 18.3. The van der Waals surface area contributed by atoms with E-state index in [9.17, 15) is 18.0 Å². The number of carbonyl (C=O) groups excluding carboxylic acids is 2. The van der Waals surface area contributed by atoms with Crippen LogP contribution in [0.2, 0.25) is 0 Å². The molecule has 132 valence electrons. The fraction of sp³-hybridized carbons (Fsp3) is 0.533. The maximum Gasteiger partial charge on any atom is 0.224 e. The van der Waals surface area contributed by atoms with Gasteiger partial charge in [-0.3, -0.25) is 14.6 Å². The highest BCUT2D eigenvalue weighted by Gasteiger charge is 2.23. The lowest BCUT2D eigenvalue weighted by Crippen LogP contribution is -2.48. The van der Waals surface area contributed by atoms with Crippen LogP contribution in [0.5, 0.6) is 0 Å². The maximum atomic E-state index is 12.3. The van der Waals surface area contributed by atoms with E-state index in [-0.39, 0.29) is 25.4 Å². The molecule has 0 radical (unpaired) electrons. The van der Waals surface area contributed by atoms with E-state index in [1.165, 1.54) is 4.31 Å². The summed E-state index contributed by atoms with van der Waals surface area (Å²) in [4.78, 5) is 30.4. The summed E-state index contributed by atoms with van der Waals surface area (Å²) >= 11 is 0. The van der Waals surface area contributed by atoms with Crippen molar-refractivity contribution in [2.24, 2.45) is 0 Å². The molecule has 1 saturated heterocycles. The minimum Gasteiger partial charge on any atom is -0.342 e. The lowest BCUT2D eigenvalue weighted by molar-refractivity contribution is -0.135. The SMILES string of the molecule is CS(=O)(=O)N(CCC(=O)N1CCN(C=O)CC1)Cc1ccccn1. The summed E-state index contributed by atoms with van der Waals surface area (Å²) in [6.45, 7) is 2.25. The number of aromatic nitrogens is 1. The van der Waals surface area contributed by atoms with Gasteiger partial charge in [0.05, 0.1) is 18.5 Å². The van der Waals surface area contributed by atoms with E-state index >= 15 is 0 Å². The van der Waals surface area contributed by atoms with Gasteiger partial charge in [0.2, 0.25) is 22.3 Å². The van der Waals surface area contributed by atoms with Gasteiger partial charge in [0, 0.05) is 45.3 Å². The van der Waals surface area contributed by atoms with Crippen molar-refractivity contribution in [1.29, 1.82) is 0 Å². The number of hydrogen-bond acceptors (Lipinski definition) is 5. The number of piperazine rings is 1. The summed E-state index contributed by atoms with van der Waals surface area (Å²) < 4.78 is 25.1. The summed E-state index contributed by atoms with van der Waals surface area (Å²) in [6.07, 6.45) is 3.62. The predicted molar refractivity (Wildman–Crippen MR) is 88.3 cm³/mol. The number of carbonyl (C=O) groups is 2. The molecule has 1 aliphatic heterocycles. The monoisotopic (exact) mass is 354 g/mol. The highest BCUT2D eigenvalue weighted by molar-refractivity contribution is 7.88. The molecule has 1 aromatic rings. The molecule has 0 spiro atoms. The standard InChI is InChI=1S/C15H22N4O4S/c1-24(22,23)19(12-14-4-2-3-6-16-14)7-5-15(21)18-10-8-17(13-20)9-11-18/h2-4,6,13H,5,7-12H2,1H3. The first-order valence-corrected chi connectivity index (χ1v) is 9.57. The smallest absolute Gasteiger partial charge is 0.224 e. The molecule has 2 rings (SSSR count). The third-order valence-corrected chi connectivity index (χ3v) is 5.17. The second kappa shape index (κ2) is 8.20. The Hall–Kier alpha value is -2.00. The third kappa shape index (κ3) is 5.27. The molecule has 0 saturated carbocycles. The molecule has 2 amide bonds. The minimum atomic E-state index is -3.43. The second-order valence-electron chi connectivity index (χ2n) is 5.69. The highest BCUT2D eigenvalue weighted by atomic mass is 32.2. The summed E-state index contributed by atoms with van der Waals surface area (Å²) in [6, 6.07) is 5.30. The lowest BCUT2D eigenvalue weighted by Gasteiger charge is -2.33. The van der Waals surface area contributed by atoms with Crippen molar-refractivity contribution in [1.82, 2.24) is 19.1 Å². The normalized spacial score (nSPS) is 15.6. The van der Waals surface area contributed by atoms with Gasteiger partial charge < -0.3 is 9.80 Å². The van der Waals surface area contributed by atoms with E-state index in [1.54, 1.807) is 34.2 Å². The molecule has 1 fully saturated rings. The second-order valence-corrected chi connectivity index (χ2v) is 7.67. The Morgan fingerprint density at radius 1 is 1.29 bits per heavy atom. The molecule has 0 aliphatic carbocycles. The van der Waals surface area contributed by atoms with Crippen LogP contribution >= 0.6 is 0 Å². The van der Waals surface area contributed by atoms with Crippen LogP contribution in [-0.4, -0.2) is 78.8 Å². The highest BCUT2D eigenvalue weighted by Crippen LogP contribution is 2.09. The zero-order valence-electron chi connectivity index (χ0n) is 13.7. The van der Waals surface area contributed by atoms with Gasteiger partial charge in [-0.1, -0.05) is 6.07 Å². The molecule has 9 heteroatoms. The Balaban J connectivity index is 1.91. The quantitative estimate of drug-likeness (QED) is 0.618. The largest absolute Gasteiger partial charge is 0.342 e. The van der Waals surface area contributed by atoms with E-state index in [2.05, 4.69) is 4.98 Å². The van der Waals surface area contributed by atoms with Crippen LogP contribution in [0, 0.1) is 0 Å². The van der Waals surface area contributed by atoms with Crippen LogP contribution in [0.1, 0.15) is 12.1 Å². The van der Waals surface area contributed by atoms with Crippen LogP contribution in [0.3, 0.4) is 0 Å². The van der Waals surface area contributed by atoms with Crippen molar-refractivity contribution < 1.29 is 18.0 Å². The Morgan fingerprint density at radius 3 is 2.54 bits per heavy atom. The zero-order chi connectivity index (χ0) is 17.6. The van der Waals surface area contributed by atoms with Crippen LogP contribution in [0.15, 0.2) is 24.4 Å². The first-order chi connectivity index (χ1) is 11.4. The Kier molecular flexibility index (Phi) is 6.27. The van der Waals surface area contributed by atoms with Gasteiger partial charge in [0.25, 0.3) is 0 Å². The molecule has 0 bridgehead atoms. The first-order valence-electron chi connectivity index (χ1n) is 7.72. The molecule has 0 atom stereocenters. The van der Waals surface area contributed by atoms with Crippen molar-refractivity contribution in [2.75, 3.05) is 39.0 Å². The molecule has 8 nitrogen and oxygen atoms in total. The Labute approximate surface area is 142 Å². The van der Waals surface area contributed by atoms with Crippen molar-refractivity contribution in [3.63, 3.8) is 0 Å². The molecule has 1 aromatic heterocycles. The van der Waals surface area contributed by atoms with E-state index in [4.69, 9.17) is 0 Å². The summed E-state index contributed by atoms with van der Waals surface area (Å²) in [5.74, 6) is -0.102. The molecular weight excluding hydrogens is 332 g/mol. The van der Waals surface area contributed by atoms with Gasteiger partial charge in [-0.05, 0) is 12.1 Å². The summed E-state index contributed by atoms with van der Waals surface area (Å²) in [7, 11) is -3.43. The molecule has 0 N–H and O–H groups in total. The number of hydrogen-bond donors (Lipinski definition) is 0. The topological polar surface area (TPSA) is 90.9 Å². The van der Waals surface area contributed by atoms with E-state index in [0.717, 1.165) is 12.7 Å². The fourth-order valence-corrected chi connectivity index (χ4v) is 3.28. The van der Waals surface area contributed by atoms with Gasteiger partial charge in [0.1, 0.15) is 0 Å². The number of nitrogens with zero attached hydrogens (tertiary/aromatic N) is 4. The minimum absolute atomic E-state index is 0.102. The Morgan fingerprint density at radius 2 is 2.00 bits per heavy atom.